The summed E-state index contributed by atoms with van der Waals surface area (Å²) in [4.78, 5) is 12.3. The van der Waals surface area contributed by atoms with E-state index in [1.807, 2.05) is 0 Å². The summed E-state index contributed by atoms with van der Waals surface area (Å²) in [6.45, 7) is 4.93. The van der Waals surface area contributed by atoms with E-state index in [-0.39, 0.29) is 12.5 Å². The van der Waals surface area contributed by atoms with E-state index in [1.165, 1.54) is 6.08 Å². The molecule has 0 radical (unpaired) electrons. The van der Waals surface area contributed by atoms with Gasteiger partial charge in [0.25, 0.3) is 0 Å². The molecule has 6 nitrogen and oxygen atoms in total. The van der Waals surface area contributed by atoms with Crippen molar-refractivity contribution in [1.29, 1.82) is 0 Å². The lowest BCUT2D eigenvalue weighted by Crippen LogP contribution is -2.67. The highest BCUT2D eigenvalue weighted by atomic mass is 16.6. The van der Waals surface area contributed by atoms with Gasteiger partial charge in [0, 0.05) is 11.3 Å². The Morgan fingerprint density at radius 1 is 1.38 bits per heavy atom. The number of hydrogen-bond acceptors (Lipinski definition) is 6. The highest BCUT2D eigenvalue weighted by Gasteiger charge is 2.74. The molecule has 6 heteroatoms. The highest BCUT2D eigenvalue weighted by Crippen LogP contribution is 2.62. The van der Waals surface area contributed by atoms with E-state index in [0.29, 0.717) is 5.57 Å². The predicted octanol–water partition coefficient (Wildman–Crippen LogP) is -0.795. The third-order valence-corrected chi connectivity index (χ3v) is 5.93. The number of aliphatic hydroxyl groups excluding tert-OH is 3. The average molecular weight is 298 g/mol. The smallest absolute Gasteiger partial charge is 0.312 e. The van der Waals surface area contributed by atoms with Gasteiger partial charge in [-0.05, 0) is 11.5 Å². The molecular formula is C15H22O6. The quantitative estimate of drug-likeness (QED) is 0.393. The van der Waals surface area contributed by atoms with Crippen LogP contribution in [0.5, 0.6) is 0 Å². The van der Waals surface area contributed by atoms with E-state index in [0.717, 1.165) is 0 Å². The second-order valence-electron chi connectivity index (χ2n) is 6.97. The zero-order chi connectivity index (χ0) is 15.7. The van der Waals surface area contributed by atoms with Gasteiger partial charge in [0.1, 0.15) is 11.7 Å². The Kier molecular flexibility index (Phi) is 3.05. The first kappa shape index (κ1) is 15.0. The molecule has 0 aromatic rings. The number of ether oxygens (including phenoxy) is 1. The minimum Gasteiger partial charge on any atom is -0.456 e. The largest absolute Gasteiger partial charge is 0.456 e. The molecule has 0 aromatic carbocycles. The lowest BCUT2D eigenvalue weighted by Gasteiger charge is -2.53. The third kappa shape index (κ3) is 1.49. The summed E-state index contributed by atoms with van der Waals surface area (Å²) in [5.74, 6) is -2.52. The first-order valence-corrected chi connectivity index (χ1v) is 7.31. The van der Waals surface area contributed by atoms with Crippen molar-refractivity contribution >= 4 is 5.97 Å². The van der Waals surface area contributed by atoms with Crippen LogP contribution in [0, 0.1) is 23.2 Å². The van der Waals surface area contributed by atoms with Crippen LogP contribution >= 0.6 is 0 Å². The Labute approximate surface area is 123 Å². The van der Waals surface area contributed by atoms with E-state index in [4.69, 9.17) is 4.74 Å². The van der Waals surface area contributed by atoms with Gasteiger partial charge in [-0.2, -0.15) is 0 Å². The van der Waals surface area contributed by atoms with Crippen molar-refractivity contribution in [2.45, 2.75) is 44.7 Å². The van der Waals surface area contributed by atoms with Crippen LogP contribution in [-0.2, 0) is 9.53 Å². The van der Waals surface area contributed by atoms with E-state index in [1.54, 1.807) is 20.8 Å². The van der Waals surface area contributed by atoms with Crippen LogP contribution in [0.15, 0.2) is 11.6 Å². The number of aliphatic hydroxyl groups is 4. The molecule has 1 saturated heterocycles. The minimum atomic E-state index is -1.51. The Morgan fingerprint density at radius 2 is 2.00 bits per heavy atom. The summed E-state index contributed by atoms with van der Waals surface area (Å²) in [5, 5.41) is 41.6. The van der Waals surface area contributed by atoms with Crippen LogP contribution in [-0.4, -0.2) is 56.9 Å². The zero-order valence-electron chi connectivity index (χ0n) is 12.4. The summed E-state index contributed by atoms with van der Waals surface area (Å²) < 4.78 is 5.26. The Balaban J connectivity index is 2.18. The van der Waals surface area contributed by atoms with E-state index in [2.05, 4.69) is 0 Å². The van der Waals surface area contributed by atoms with E-state index in [9.17, 15) is 25.2 Å². The van der Waals surface area contributed by atoms with Crippen LogP contribution in [0.25, 0.3) is 0 Å². The first-order valence-electron chi connectivity index (χ1n) is 7.31. The summed E-state index contributed by atoms with van der Waals surface area (Å²) in [7, 11) is 0. The molecule has 3 aliphatic rings. The van der Waals surface area contributed by atoms with Crippen molar-refractivity contribution in [3.8, 4) is 0 Å². The fourth-order valence-corrected chi connectivity index (χ4v) is 4.62. The van der Waals surface area contributed by atoms with Crippen LogP contribution in [0.1, 0.15) is 20.8 Å². The lowest BCUT2D eigenvalue weighted by atomic mass is 9.53. The van der Waals surface area contributed by atoms with Crippen molar-refractivity contribution in [2.24, 2.45) is 23.2 Å². The number of hydrogen-bond donors (Lipinski definition) is 4. The molecule has 2 fully saturated rings. The molecule has 2 bridgehead atoms. The molecule has 0 amide bonds. The molecule has 0 spiro atoms. The monoisotopic (exact) mass is 298 g/mol. The molecule has 7 atom stereocenters. The number of carbonyl (C=O) groups excluding carboxylic acids is 1. The molecule has 7 unspecified atom stereocenters. The average Bonchev–Trinajstić information content (AvgIpc) is 2.79. The van der Waals surface area contributed by atoms with Gasteiger partial charge in [-0.3, -0.25) is 4.79 Å². The first-order chi connectivity index (χ1) is 9.70. The molecule has 0 aromatic heterocycles. The van der Waals surface area contributed by atoms with Crippen LogP contribution in [0.2, 0.25) is 0 Å². The van der Waals surface area contributed by atoms with Gasteiger partial charge in [-0.15, -0.1) is 0 Å². The maximum absolute atomic E-state index is 12.3. The fraction of sp³-hybridized carbons (Fsp3) is 0.800. The molecule has 21 heavy (non-hydrogen) atoms. The standard InChI is InChI=1S/C15H22O6/c1-6(2)15(20)10-9-8(17)4-7(5-16)14(9,3)11(18)12(15)21-13(10)19/h4,6,8-12,16-18,20H,5H2,1-3H3. The molecule has 2 aliphatic carbocycles. The van der Waals surface area contributed by atoms with Crippen molar-refractivity contribution in [2.75, 3.05) is 6.61 Å². The second-order valence-corrected chi connectivity index (χ2v) is 6.97. The predicted molar refractivity (Wildman–Crippen MR) is 71.9 cm³/mol. The van der Waals surface area contributed by atoms with Crippen LogP contribution < -0.4 is 0 Å². The van der Waals surface area contributed by atoms with Crippen molar-refractivity contribution in [3.05, 3.63) is 11.6 Å². The second kappa shape index (κ2) is 4.29. The van der Waals surface area contributed by atoms with Gasteiger partial charge in [-0.1, -0.05) is 26.8 Å². The van der Waals surface area contributed by atoms with Gasteiger partial charge in [0.2, 0.25) is 0 Å². The van der Waals surface area contributed by atoms with Gasteiger partial charge >= 0.3 is 5.97 Å². The van der Waals surface area contributed by atoms with Crippen molar-refractivity contribution < 1.29 is 30.0 Å². The van der Waals surface area contributed by atoms with Crippen LogP contribution in [0.3, 0.4) is 0 Å². The number of fused-ring (bicyclic) bond motifs is 4. The molecular weight excluding hydrogens is 276 g/mol. The molecule has 1 saturated carbocycles. The maximum Gasteiger partial charge on any atom is 0.312 e. The molecule has 4 N–H and O–H groups in total. The molecule has 118 valence electrons. The zero-order valence-corrected chi connectivity index (χ0v) is 12.4. The maximum atomic E-state index is 12.3. The fourth-order valence-electron chi connectivity index (χ4n) is 4.62. The van der Waals surface area contributed by atoms with Crippen molar-refractivity contribution in [3.63, 3.8) is 0 Å². The Hall–Kier alpha value is -0.950. The van der Waals surface area contributed by atoms with Gasteiger partial charge in [0.05, 0.1) is 18.6 Å². The topological polar surface area (TPSA) is 107 Å². The van der Waals surface area contributed by atoms with Crippen molar-refractivity contribution in [1.82, 2.24) is 0 Å². The third-order valence-electron chi connectivity index (χ3n) is 5.93. The summed E-state index contributed by atoms with van der Waals surface area (Å²) in [5.41, 5.74) is -2.00. The molecule has 1 aliphatic heterocycles. The van der Waals surface area contributed by atoms with Gasteiger partial charge < -0.3 is 25.2 Å². The Morgan fingerprint density at radius 3 is 2.52 bits per heavy atom. The molecule has 3 rings (SSSR count). The normalized spacial score (nSPS) is 51.9. The number of esters is 1. The molecule has 1 heterocycles. The van der Waals surface area contributed by atoms with Gasteiger partial charge in [0.15, 0.2) is 6.10 Å². The summed E-state index contributed by atoms with van der Waals surface area (Å²) in [6.07, 6.45) is -1.74. The minimum absolute atomic E-state index is 0.311. The highest BCUT2D eigenvalue weighted by molar-refractivity contribution is 5.79. The van der Waals surface area contributed by atoms with Crippen LogP contribution in [0.4, 0.5) is 0 Å². The Bertz CT molecular complexity index is 514. The summed E-state index contributed by atoms with van der Waals surface area (Å²) >= 11 is 0. The SMILES string of the molecule is CC(C)C1(O)C2OC(=O)C1C1C(O)C=C(CO)C1(C)C2O. The summed E-state index contributed by atoms with van der Waals surface area (Å²) in [6, 6.07) is 0. The van der Waals surface area contributed by atoms with E-state index >= 15 is 0 Å². The number of carbonyl (C=O) groups is 1. The number of rotatable bonds is 2. The van der Waals surface area contributed by atoms with E-state index < -0.39 is 47.1 Å². The lowest BCUT2D eigenvalue weighted by molar-refractivity contribution is -0.207. The van der Waals surface area contributed by atoms with Gasteiger partial charge in [-0.25, -0.2) is 0 Å².